The van der Waals surface area contributed by atoms with Gasteiger partial charge in [-0.2, -0.15) is 5.10 Å². The van der Waals surface area contributed by atoms with Crippen molar-refractivity contribution in [3.63, 3.8) is 0 Å². The molecule has 0 saturated heterocycles. The van der Waals surface area contributed by atoms with Crippen LogP contribution in [0.1, 0.15) is 23.3 Å². The average molecular weight is 375 g/mol. The molecule has 0 amide bonds. The minimum Gasteiger partial charge on any atom is -0.493 e. The van der Waals surface area contributed by atoms with Gasteiger partial charge in [0.05, 0.1) is 20.3 Å². The first-order valence-electron chi connectivity index (χ1n) is 7.87. The van der Waals surface area contributed by atoms with Gasteiger partial charge in [-0.25, -0.2) is 4.98 Å². The summed E-state index contributed by atoms with van der Waals surface area (Å²) in [5.41, 5.74) is 7.08. The smallest absolute Gasteiger partial charge is 0.172 e. The minimum atomic E-state index is -0.504. The van der Waals surface area contributed by atoms with Gasteiger partial charge in [-0.05, 0) is 42.0 Å². The highest BCUT2D eigenvalue weighted by Gasteiger charge is 2.17. The number of rotatable bonds is 7. The van der Waals surface area contributed by atoms with Crippen molar-refractivity contribution >= 4 is 11.6 Å². The van der Waals surface area contributed by atoms with Crippen LogP contribution < -0.4 is 19.9 Å². The molecule has 0 bridgehead atoms. The van der Waals surface area contributed by atoms with E-state index in [2.05, 4.69) is 15.2 Å². The van der Waals surface area contributed by atoms with Gasteiger partial charge in [0.2, 0.25) is 0 Å². The van der Waals surface area contributed by atoms with Crippen molar-refractivity contribution in [1.82, 2.24) is 15.2 Å². The molecule has 3 rings (SSSR count). The molecule has 26 heavy (non-hydrogen) atoms. The van der Waals surface area contributed by atoms with Crippen LogP contribution in [0.25, 0.3) is 0 Å². The number of nitrogens with zero attached hydrogens (tertiary/aromatic N) is 2. The van der Waals surface area contributed by atoms with Crippen LogP contribution in [0.3, 0.4) is 0 Å². The lowest BCUT2D eigenvalue weighted by atomic mass is 10.1. The Morgan fingerprint density at radius 3 is 2.50 bits per heavy atom. The number of H-pyrrole nitrogens is 1. The summed E-state index contributed by atoms with van der Waals surface area (Å²) in [5, 5.41) is 7.68. The fourth-order valence-corrected chi connectivity index (χ4v) is 2.52. The van der Waals surface area contributed by atoms with Gasteiger partial charge in [0.1, 0.15) is 12.4 Å². The van der Waals surface area contributed by atoms with Crippen LogP contribution in [-0.2, 0) is 6.61 Å². The summed E-state index contributed by atoms with van der Waals surface area (Å²) < 4.78 is 16.2. The maximum absolute atomic E-state index is 6.27. The number of hydrogen-bond donors (Lipinski definition) is 2. The predicted molar refractivity (Wildman–Crippen MR) is 97.7 cm³/mol. The van der Waals surface area contributed by atoms with Crippen LogP contribution in [0.4, 0.5) is 0 Å². The van der Waals surface area contributed by atoms with Crippen LogP contribution >= 0.6 is 11.6 Å². The fraction of sp³-hybridized carbons (Fsp3) is 0.222. The van der Waals surface area contributed by atoms with E-state index in [4.69, 9.17) is 31.5 Å². The molecule has 0 aliphatic rings. The van der Waals surface area contributed by atoms with Crippen molar-refractivity contribution in [2.45, 2.75) is 12.6 Å². The van der Waals surface area contributed by atoms with Crippen LogP contribution in [0.15, 0.2) is 42.5 Å². The highest BCUT2D eigenvalue weighted by atomic mass is 35.5. The first kappa shape index (κ1) is 18.0. The monoisotopic (exact) mass is 374 g/mol. The molecule has 136 valence electrons. The maximum Gasteiger partial charge on any atom is 0.172 e. The number of benzene rings is 2. The molecule has 8 heteroatoms. The molecule has 0 radical (unpaired) electrons. The van der Waals surface area contributed by atoms with Crippen LogP contribution in [-0.4, -0.2) is 29.4 Å². The van der Waals surface area contributed by atoms with E-state index < -0.39 is 6.04 Å². The number of nitrogens with two attached hydrogens (primary N) is 1. The van der Waals surface area contributed by atoms with Gasteiger partial charge in [0, 0.05) is 5.02 Å². The van der Waals surface area contributed by atoms with Crippen molar-refractivity contribution in [1.29, 1.82) is 0 Å². The van der Waals surface area contributed by atoms with Crippen LogP contribution in [0.2, 0.25) is 5.02 Å². The largest absolute Gasteiger partial charge is 0.493 e. The van der Waals surface area contributed by atoms with Gasteiger partial charge < -0.3 is 19.9 Å². The topological polar surface area (TPSA) is 95.3 Å². The number of aromatic nitrogens is 3. The molecule has 0 saturated carbocycles. The molecule has 3 N–H and O–H groups in total. The first-order chi connectivity index (χ1) is 12.6. The molecule has 3 aromatic rings. The molecule has 1 unspecified atom stereocenters. The zero-order valence-corrected chi connectivity index (χ0v) is 15.2. The lowest BCUT2D eigenvalue weighted by Gasteiger charge is -2.12. The van der Waals surface area contributed by atoms with E-state index in [-0.39, 0.29) is 6.61 Å². The predicted octanol–water partition coefficient (Wildman–Crippen LogP) is 3.10. The molecular formula is C18H19ClN4O3. The van der Waals surface area contributed by atoms with E-state index in [1.165, 1.54) is 0 Å². The highest BCUT2D eigenvalue weighted by Crippen LogP contribution is 2.30. The Balaban J connectivity index is 1.69. The summed E-state index contributed by atoms with van der Waals surface area (Å²) in [6.45, 7) is 0.243. The molecule has 7 nitrogen and oxygen atoms in total. The summed E-state index contributed by atoms with van der Waals surface area (Å²) in [6, 6.07) is 12.0. The molecule has 2 aromatic carbocycles. The second-order valence-corrected chi connectivity index (χ2v) is 5.91. The molecule has 1 aromatic heterocycles. The van der Waals surface area contributed by atoms with E-state index in [9.17, 15) is 0 Å². The summed E-state index contributed by atoms with van der Waals surface area (Å²) in [4.78, 5) is 4.40. The highest BCUT2D eigenvalue weighted by molar-refractivity contribution is 6.30. The Labute approximate surface area is 156 Å². The Morgan fingerprint density at radius 1 is 1.08 bits per heavy atom. The van der Waals surface area contributed by atoms with Gasteiger partial charge in [0.25, 0.3) is 0 Å². The zero-order valence-electron chi connectivity index (χ0n) is 14.4. The van der Waals surface area contributed by atoms with Gasteiger partial charge >= 0.3 is 0 Å². The van der Waals surface area contributed by atoms with Gasteiger partial charge in [-0.1, -0.05) is 17.7 Å². The van der Waals surface area contributed by atoms with Crippen LogP contribution in [0.5, 0.6) is 17.2 Å². The van der Waals surface area contributed by atoms with Crippen molar-refractivity contribution < 1.29 is 14.2 Å². The zero-order chi connectivity index (χ0) is 18.5. The molecule has 1 heterocycles. The summed E-state index contributed by atoms with van der Waals surface area (Å²) in [6.07, 6.45) is 0. The normalized spacial score (nSPS) is 11.8. The number of nitrogens with one attached hydrogen (secondary N) is 1. The number of hydrogen-bond acceptors (Lipinski definition) is 6. The van der Waals surface area contributed by atoms with E-state index in [0.717, 1.165) is 5.56 Å². The Morgan fingerprint density at radius 2 is 1.81 bits per heavy atom. The van der Waals surface area contributed by atoms with E-state index >= 15 is 0 Å². The van der Waals surface area contributed by atoms with E-state index in [0.29, 0.717) is 33.9 Å². The second-order valence-electron chi connectivity index (χ2n) is 5.47. The number of ether oxygens (including phenoxy) is 3. The molecular weight excluding hydrogens is 356 g/mol. The molecule has 0 spiro atoms. The second kappa shape index (κ2) is 8.07. The summed E-state index contributed by atoms with van der Waals surface area (Å²) in [5.74, 6) is 2.96. The van der Waals surface area contributed by atoms with E-state index in [1.54, 1.807) is 44.6 Å². The fourth-order valence-electron chi connectivity index (χ4n) is 2.39. The number of halogens is 1. The number of methoxy groups -OCH3 is 2. The Kier molecular flexibility index (Phi) is 5.60. The minimum absolute atomic E-state index is 0.243. The molecule has 1 atom stereocenters. The van der Waals surface area contributed by atoms with Crippen molar-refractivity contribution in [2.24, 2.45) is 5.73 Å². The SMILES string of the molecule is COc1ccc(C(N)c2n[nH]c(COc3ccc(Cl)cc3)n2)cc1OC. The van der Waals surface area contributed by atoms with Crippen molar-refractivity contribution in [3.05, 3.63) is 64.7 Å². The first-order valence-corrected chi connectivity index (χ1v) is 8.25. The van der Waals surface area contributed by atoms with Gasteiger partial charge in [0.15, 0.2) is 23.1 Å². The molecule has 0 fully saturated rings. The number of aromatic amines is 1. The van der Waals surface area contributed by atoms with Crippen molar-refractivity contribution in [2.75, 3.05) is 14.2 Å². The average Bonchev–Trinajstić information content (AvgIpc) is 3.15. The lowest BCUT2D eigenvalue weighted by Crippen LogP contribution is -2.14. The Bertz CT molecular complexity index is 867. The quantitative estimate of drug-likeness (QED) is 0.659. The van der Waals surface area contributed by atoms with E-state index in [1.807, 2.05) is 12.1 Å². The third kappa shape index (κ3) is 4.07. The van der Waals surface area contributed by atoms with Crippen molar-refractivity contribution in [3.8, 4) is 17.2 Å². The molecule has 0 aliphatic heterocycles. The van der Waals surface area contributed by atoms with Gasteiger partial charge in [-0.15, -0.1) is 0 Å². The third-order valence-electron chi connectivity index (χ3n) is 3.78. The maximum atomic E-state index is 6.27. The lowest BCUT2D eigenvalue weighted by molar-refractivity contribution is 0.296. The third-order valence-corrected chi connectivity index (χ3v) is 4.04. The van der Waals surface area contributed by atoms with Crippen LogP contribution in [0, 0.1) is 0 Å². The Hall–Kier alpha value is -2.77. The molecule has 0 aliphatic carbocycles. The standard InChI is InChI=1S/C18H19ClN4O3/c1-24-14-8-3-11(9-15(14)25-2)17(20)18-21-16(22-23-18)10-26-13-6-4-12(19)5-7-13/h3-9,17H,10,20H2,1-2H3,(H,21,22,23). The summed E-state index contributed by atoms with van der Waals surface area (Å²) in [7, 11) is 3.16. The summed E-state index contributed by atoms with van der Waals surface area (Å²) >= 11 is 5.85. The van der Waals surface area contributed by atoms with Gasteiger partial charge in [-0.3, -0.25) is 5.10 Å².